The summed E-state index contributed by atoms with van der Waals surface area (Å²) in [6.45, 7) is 1.93. The van der Waals surface area contributed by atoms with Crippen LogP contribution in [0.4, 0.5) is 0 Å². The van der Waals surface area contributed by atoms with Crippen LogP contribution in [-0.4, -0.2) is 37.4 Å². The monoisotopic (exact) mass is 211 g/mol. The number of ether oxygens (including phenoxy) is 1. The summed E-state index contributed by atoms with van der Waals surface area (Å²) in [4.78, 5) is 24.7. The Bertz CT molecular complexity index is 290. The molecule has 0 radical (unpaired) electrons. The lowest BCUT2D eigenvalue weighted by Gasteiger charge is -2.09. The van der Waals surface area contributed by atoms with Crippen LogP contribution < -0.4 is 0 Å². The molecule has 0 spiro atoms. The molecule has 1 fully saturated rings. The Hall–Kier alpha value is -1.32. The van der Waals surface area contributed by atoms with Gasteiger partial charge < -0.3 is 9.64 Å². The summed E-state index contributed by atoms with van der Waals surface area (Å²) < 4.78 is 4.70. The van der Waals surface area contributed by atoms with E-state index in [0.29, 0.717) is 5.57 Å². The summed E-state index contributed by atoms with van der Waals surface area (Å²) in [6, 6.07) is 0. The highest BCUT2D eigenvalue weighted by Crippen LogP contribution is 2.37. The zero-order valence-electron chi connectivity index (χ0n) is 9.45. The lowest BCUT2D eigenvalue weighted by molar-refractivity contribution is -0.151. The molecular weight excluding hydrogens is 194 g/mol. The van der Waals surface area contributed by atoms with Gasteiger partial charge in [0.25, 0.3) is 5.78 Å². The molecule has 0 aliphatic heterocycles. The molecule has 0 aromatic rings. The number of esters is 1. The normalized spacial score (nSPS) is 16.1. The second-order valence-corrected chi connectivity index (χ2v) is 3.87. The third-order valence-corrected chi connectivity index (χ3v) is 2.14. The van der Waals surface area contributed by atoms with Crippen molar-refractivity contribution in [3.63, 3.8) is 0 Å². The van der Waals surface area contributed by atoms with E-state index in [0.717, 1.165) is 12.8 Å². The van der Waals surface area contributed by atoms with Crippen molar-refractivity contribution in [1.29, 1.82) is 0 Å². The van der Waals surface area contributed by atoms with E-state index in [1.54, 1.807) is 18.0 Å². The van der Waals surface area contributed by atoms with Crippen molar-refractivity contribution in [2.45, 2.75) is 19.8 Å². The molecule has 4 nitrogen and oxygen atoms in total. The fraction of sp³-hybridized carbons (Fsp3) is 0.636. The predicted octanol–water partition coefficient (Wildman–Crippen LogP) is 0.974. The number of carbonyl (C=O) groups is 2. The molecule has 1 aliphatic carbocycles. The van der Waals surface area contributed by atoms with Crippen LogP contribution in [0.3, 0.4) is 0 Å². The van der Waals surface area contributed by atoms with Gasteiger partial charge in [-0.05, 0) is 25.7 Å². The Balaban J connectivity index is 2.72. The van der Waals surface area contributed by atoms with Crippen molar-refractivity contribution in [3.8, 4) is 0 Å². The van der Waals surface area contributed by atoms with Gasteiger partial charge in [0.05, 0.1) is 6.61 Å². The Kier molecular flexibility index (Phi) is 3.88. The van der Waals surface area contributed by atoms with Crippen LogP contribution in [0.1, 0.15) is 19.8 Å². The lowest BCUT2D eigenvalue weighted by atomic mass is 10.1. The predicted molar refractivity (Wildman–Crippen MR) is 56.1 cm³/mol. The van der Waals surface area contributed by atoms with Gasteiger partial charge >= 0.3 is 5.97 Å². The van der Waals surface area contributed by atoms with E-state index < -0.39 is 11.8 Å². The largest absolute Gasteiger partial charge is 0.460 e. The highest BCUT2D eigenvalue weighted by molar-refractivity contribution is 6.40. The van der Waals surface area contributed by atoms with E-state index in [2.05, 4.69) is 0 Å². The second-order valence-electron chi connectivity index (χ2n) is 3.87. The van der Waals surface area contributed by atoms with E-state index >= 15 is 0 Å². The Morgan fingerprint density at radius 1 is 1.40 bits per heavy atom. The van der Waals surface area contributed by atoms with Gasteiger partial charge in [0.15, 0.2) is 0 Å². The summed E-state index contributed by atoms with van der Waals surface area (Å²) in [5.41, 5.74) is 0.582. The lowest BCUT2D eigenvalue weighted by Crippen LogP contribution is -2.22. The van der Waals surface area contributed by atoms with Crippen LogP contribution in [0.15, 0.2) is 11.8 Å². The van der Waals surface area contributed by atoms with Crippen LogP contribution in [0.5, 0.6) is 0 Å². The first-order chi connectivity index (χ1) is 7.06. The number of hydrogen-bond donors (Lipinski definition) is 0. The SMILES string of the molecule is CCOC(=O)C(=O)C(=CN(C)C)C1CC1. The minimum absolute atomic E-state index is 0.241. The molecule has 15 heavy (non-hydrogen) atoms. The number of hydrogen-bond acceptors (Lipinski definition) is 4. The van der Waals surface area contributed by atoms with E-state index in [1.165, 1.54) is 0 Å². The number of ketones is 1. The minimum atomic E-state index is -0.738. The second kappa shape index (κ2) is 4.96. The van der Waals surface area contributed by atoms with Crippen molar-refractivity contribution in [2.75, 3.05) is 20.7 Å². The molecule has 0 N–H and O–H groups in total. The van der Waals surface area contributed by atoms with Gasteiger partial charge in [0.2, 0.25) is 0 Å². The molecule has 0 saturated heterocycles. The Morgan fingerprint density at radius 3 is 2.40 bits per heavy atom. The maximum Gasteiger partial charge on any atom is 0.379 e. The molecule has 0 amide bonds. The fourth-order valence-corrected chi connectivity index (χ4v) is 1.34. The van der Waals surface area contributed by atoms with Crippen molar-refractivity contribution in [3.05, 3.63) is 11.8 Å². The Labute approximate surface area is 89.9 Å². The van der Waals surface area contributed by atoms with E-state index in [9.17, 15) is 9.59 Å². The quantitative estimate of drug-likeness (QED) is 0.386. The first-order valence-corrected chi connectivity index (χ1v) is 5.15. The molecule has 0 unspecified atom stereocenters. The van der Waals surface area contributed by atoms with Gasteiger partial charge in [-0.1, -0.05) is 0 Å². The van der Waals surface area contributed by atoms with Gasteiger partial charge in [0.1, 0.15) is 0 Å². The van der Waals surface area contributed by atoms with Crippen LogP contribution in [-0.2, 0) is 14.3 Å². The number of nitrogens with zero attached hydrogens (tertiary/aromatic N) is 1. The van der Waals surface area contributed by atoms with Gasteiger partial charge in [-0.15, -0.1) is 0 Å². The zero-order chi connectivity index (χ0) is 11.4. The summed E-state index contributed by atoms with van der Waals surface area (Å²) in [7, 11) is 3.67. The molecule has 0 bridgehead atoms. The standard InChI is InChI=1S/C11H17NO3/c1-4-15-11(14)10(13)9(7-12(2)3)8-5-6-8/h7-8H,4-6H2,1-3H3. The topological polar surface area (TPSA) is 46.6 Å². The molecular formula is C11H17NO3. The molecule has 1 saturated carbocycles. The van der Waals surface area contributed by atoms with Gasteiger partial charge in [-0.2, -0.15) is 0 Å². The van der Waals surface area contributed by atoms with Crippen molar-refractivity contribution in [2.24, 2.45) is 5.92 Å². The van der Waals surface area contributed by atoms with Crippen LogP contribution in [0.25, 0.3) is 0 Å². The maximum absolute atomic E-state index is 11.7. The first-order valence-electron chi connectivity index (χ1n) is 5.15. The molecule has 1 rings (SSSR count). The van der Waals surface area contributed by atoms with Crippen LogP contribution in [0, 0.1) is 5.92 Å². The Morgan fingerprint density at radius 2 is 2.00 bits per heavy atom. The van der Waals surface area contributed by atoms with Crippen molar-refractivity contribution in [1.82, 2.24) is 4.90 Å². The summed E-state index contributed by atoms with van der Waals surface area (Å²) >= 11 is 0. The molecule has 0 aromatic carbocycles. The zero-order valence-corrected chi connectivity index (χ0v) is 9.45. The molecule has 0 aromatic heterocycles. The summed E-state index contributed by atoms with van der Waals surface area (Å²) in [5.74, 6) is -0.977. The van der Waals surface area contributed by atoms with Gasteiger partial charge in [0, 0.05) is 25.9 Å². The fourth-order valence-electron chi connectivity index (χ4n) is 1.34. The summed E-state index contributed by atoms with van der Waals surface area (Å²) in [6.07, 6.45) is 3.70. The van der Waals surface area contributed by atoms with Crippen LogP contribution >= 0.6 is 0 Å². The highest BCUT2D eigenvalue weighted by atomic mass is 16.5. The average molecular weight is 211 g/mol. The summed E-state index contributed by atoms with van der Waals surface area (Å²) in [5, 5.41) is 0. The first kappa shape index (κ1) is 11.8. The van der Waals surface area contributed by atoms with E-state index in [1.807, 2.05) is 14.1 Å². The highest BCUT2D eigenvalue weighted by Gasteiger charge is 2.34. The molecule has 84 valence electrons. The third-order valence-electron chi connectivity index (χ3n) is 2.14. The maximum atomic E-state index is 11.7. The molecule has 0 heterocycles. The smallest absolute Gasteiger partial charge is 0.379 e. The van der Waals surface area contributed by atoms with Gasteiger partial charge in [-0.25, -0.2) is 4.79 Å². The van der Waals surface area contributed by atoms with E-state index in [4.69, 9.17) is 4.74 Å². The van der Waals surface area contributed by atoms with Gasteiger partial charge in [-0.3, -0.25) is 4.79 Å². The van der Waals surface area contributed by atoms with Crippen LogP contribution in [0.2, 0.25) is 0 Å². The average Bonchev–Trinajstić information content (AvgIpc) is 2.96. The number of rotatable bonds is 5. The number of carbonyl (C=O) groups excluding carboxylic acids is 2. The molecule has 1 aliphatic rings. The minimum Gasteiger partial charge on any atom is -0.460 e. The molecule has 4 heteroatoms. The molecule has 0 atom stereocenters. The van der Waals surface area contributed by atoms with Crippen molar-refractivity contribution < 1.29 is 14.3 Å². The third kappa shape index (κ3) is 3.38. The number of Topliss-reactive ketones (excluding diaryl/α,β-unsaturated/α-hetero) is 1. The van der Waals surface area contributed by atoms with E-state index in [-0.39, 0.29) is 12.5 Å². The van der Waals surface area contributed by atoms with Crippen molar-refractivity contribution >= 4 is 11.8 Å².